The molecule has 20 heavy (non-hydrogen) atoms. The van der Waals surface area contributed by atoms with Crippen molar-refractivity contribution in [3.63, 3.8) is 0 Å². The molecule has 2 unspecified atom stereocenters. The van der Waals surface area contributed by atoms with E-state index in [2.05, 4.69) is 15.6 Å². The highest BCUT2D eigenvalue weighted by Crippen LogP contribution is 2.01. The van der Waals surface area contributed by atoms with Crippen LogP contribution in [0.15, 0.2) is 18.7 Å². The molecule has 1 rings (SSSR count). The summed E-state index contributed by atoms with van der Waals surface area (Å²) in [4.78, 5) is 26.7. The van der Waals surface area contributed by atoms with E-state index in [1.165, 1.54) is 0 Å². The Morgan fingerprint density at radius 3 is 2.75 bits per heavy atom. The van der Waals surface area contributed by atoms with Gasteiger partial charge in [0, 0.05) is 25.0 Å². The van der Waals surface area contributed by atoms with Crippen LogP contribution in [0.3, 0.4) is 0 Å². The minimum absolute atomic E-state index is 0.126. The van der Waals surface area contributed by atoms with E-state index in [0.29, 0.717) is 18.7 Å². The van der Waals surface area contributed by atoms with Crippen molar-refractivity contribution in [1.29, 1.82) is 0 Å². The van der Waals surface area contributed by atoms with Gasteiger partial charge in [0.2, 0.25) is 0 Å². The number of aromatic nitrogens is 2. The smallest absolute Gasteiger partial charge is 0.326 e. The van der Waals surface area contributed by atoms with Gasteiger partial charge in [-0.25, -0.2) is 14.6 Å². The van der Waals surface area contributed by atoms with Crippen LogP contribution >= 0.6 is 11.8 Å². The number of carboxylic acid groups (broad SMARTS) is 1. The number of hydrogen-bond acceptors (Lipinski definition) is 4. The molecule has 0 bridgehead atoms. The molecule has 1 heterocycles. The van der Waals surface area contributed by atoms with Gasteiger partial charge in [-0.15, -0.1) is 0 Å². The number of imidazole rings is 1. The summed E-state index contributed by atoms with van der Waals surface area (Å²) in [6.45, 7) is 2.42. The van der Waals surface area contributed by atoms with Crippen molar-refractivity contribution in [1.82, 2.24) is 20.2 Å². The molecule has 0 saturated carbocycles. The average Bonchev–Trinajstić information content (AvgIpc) is 2.86. The number of hydrogen-bond donors (Lipinski definition) is 3. The molecule has 0 saturated heterocycles. The lowest BCUT2D eigenvalue weighted by Crippen LogP contribution is -2.49. The summed E-state index contributed by atoms with van der Waals surface area (Å²) in [6.07, 6.45) is 7.42. The van der Waals surface area contributed by atoms with Crippen LogP contribution in [0.2, 0.25) is 0 Å². The van der Waals surface area contributed by atoms with E-state index >= 15 is 0 Å². The standard InChI is InChI=1S/C12H20N4O3S/c1-9(7-16-5-4-13-8-16)14-12(19)15-10(11(17)18)3-6-20-2/h4-5,8-10H,3,6-7H2,1-2H3,(H,17,18)(H2,14,15,19). The Balaban J connectivity index is 2.38. The van der Waals surface area contributed by atoms with Crippen molar-refractivity contribution < 1.29 is 14.7 Å². The summed E-state index contributed by atoms with van der Waals surface area (Å²) < 4.78 is 1.84. The van der Waals surface area contributed by atoms with Crippen LogP contribution in [0.5, 0.6) is 0 Å². The van der Waals surface area contributed by atoms with Crippen molar-refractivity contribution in [2.75, 3.05) is 12.0 Å². The summed E-state index contributed by atoms with van der Waals surface area (Å²) in [5, 5.41) is 14.2. The van der Waals surface area contributed by atoms with E-state index in [1.807, 2.05) is 17.7 Å². The lowest BCUT2D eigenvalue weighted by Gasteiger charge is -2.18. The molecule has 1 aromatic rings. The molecular formula is C12H20N4O3S. The average molecular weight is 300 g/mol. The maximum atomic E-state index is 11.7. The Labute approximate surface area is 122 Å². The van der Waals surface area contributed by atoms with Crippen molar-refractivity contribution in [3.8, 4) is 0 Å². The molecule has 0 aliphatic carbocycles. The van der Waals surface area contributed by atoms with E-state index < -0.39 is 18.0 Å². The molecule has 1 aromatic heterocycles. The Morgan fingerprint density at radius 1 is 1.45 bits per heavy atom. The molecule has 2 amide bonds. The molecular weight excluding hydrogens is 280 g/mol. The molecule has 0 fully saturated rings. The fourth-order valence-electron chi connectivity index (χ4n) is 1.67. The SMILES string of the molecule is CSCCC(NC(=O)NC(C)Cn1ccnc1)C(=O)O. The maximum absolute atomic E-state index is 11.7. The third kappa shape index (κ3) is 5.96. The lowest BCUT2D eigenvalue weighted by molar-refractivity contribution is -0.139. The van der Waals surface area contributed by atoms with Gasteiger partial charge >= 0.3 is 12.0 Å². The number of carbonyl (C=O) groups excluding carboxylic acids is 1. The molecule has 3 N–H and O–H groups in total. The van der Waals surface area contributed by atoms with E-state index in [4.69, 9.17) is 5.11 Å². The first-order chi connectivity index (χ1) is 9.52. The molecule has 0 aliphatic rings. The zero-order chi connectivity index (χ0) is 15.0. The summed E-state index contributed by atoms with van der Waals surface area (Å²) in [7, 11) is 0. The lowest BCUT2D eigenvalue weighted by atomic mass is 10.2. The van der Waals surface area contributed by atoms with E-state index in [1.54, 1.807) is 30.5 Å². The first-order valence-corrected chi connectivity index (χ1v) is 7.66. The van der Waals surface area contributed by atoms with E-state index in [-0.39, 0.29) is 6.04 Å². The largest absolute Gasteiger partial charge is 0.480 e. The second-order valence-corrected chi connectivity index (χ2v) is 5.44. The monoisotopic (exact) mass is 300 g/mol. The van der Waals surface area contributed by atoms with Crippen molar-refractivity contribution in [2.24, 2.45) is 0 Å². The third-order valence-corrected chi connectivity index (χ3v) is 3.28. The predicted molar refractivity (Wildman–Crippen MR) is 77.8 cm³/mol. The Hall–Kier alpha value is -1.70. The van der Waals surface area contributed by atoms with Crippen LogP contribution in [0, 0.1) is 0 Å². The Morgan fingerprint density at radius 2 is 2.20 bits per heavy atom. The number of amides is 2. The fourth-order valence-corrected chi connectivity index (χ4v) is 2.14. The summed E-state index contributed by atoms with van der Waals surface area (Å²) in [5.74, 6) is -0.335. The zero-order valence-electron chi connectivity index (χ0n) is 11.6. The van der Waals surface area contributed by atoms with Gasteiger partial charge in [0.05, 0.1) is 6.33 Å². The number of carboxylic acids is 1. The first kappa shape index (κ1) is 16.4. The highest BCUT2D eigenvalue weighted by atomic mass is 32.2. The first-order valence-electron chi connectivity index (χ1n) is 6.27. The fraction of sp³-hybridized carbons (Fsp3) is 0.583. The number of nitrogens with one attached hydrogen (secondary N) is 2. The van der Waals surface area contributed by atoms with Crippen LogP contribution < -0.4 is 10.6 Å². The zero-order valence-corrected chi connectivity index (χ0v) is 12.4. The number of aliphatic carboxylic acids is 1. The van der Waals surface area contributed by atoms with Gasteiger partial charge in [0.15, 0.2) is 0 Å². The number of urea groups is 1. The molecule has 112 valence electrons. The minimum Gasteiger partial charge on any atom is -0.480 e. The minimum atomic E-state index is -1.02. The molecule has 7 nitrogen and oxygen atoms in total. The number of carbonyl (C=O) groups is 2. The normalized spacial score (nSPS) is 13.5. The summed E-state index contributed by atoms with van der Waals surface area (Å²) >= 11 is 1.55. The van der Waals surface area contributed by atoms with Crippen molar-refractivity contribution in [3.05, 3.63) is 18.7 Å². The van der Waals surface area contributed by atoms with E-state index in [9.17, 15) is 9.59 Å². The summed E-state index contributed by atoms with van der Waals surface area (Å²) in [6, 6.07) is -1.45. The van der Waals surface area contributed by atoms with Crippen LogP contribution in [0.4, 0.5) is 4.79 Å². The molecule has 0 spiro atoms. The molecule has 2 atom stereocenters. The second-order valence-electron chi connectivity index (χ2n) is 4.45. The van der Waals surface area contributed by atoms with Crippen molar-refractivity contribution >= 4 is 23.8 Å². The molecule has 0 radical (unpaired) electrons. The predicted octanol–water partition coefficient (Wildman–Crippen LogP) is 0.777. The van der Waals surface area contributed by atoms with Crippen LogP contribution in [-0.2, 0) is 11.3 Å². The third-order valence-electron chi connectivity index (χ3n) is 2.64. The van der Waals surface area contributed by atoms with Crippen LogP contribution in [0.1, 0.15) is 13.3 Å². The van der Waals surface area contributed by atoms with Gasteiger partial charge in [0.1, 0.15) is 6.04 Å². The quantitative estimate of drug-likeness (QED) is 0.659. The number of rotatable bonds is 8. The van der Waals surface area contributed by atoms with Gasteiger partial charge in [0.25, 0.3) is 0 Å². The Bertz CT molecular complexity index is 424. The van der Waals surface area contributed by atoms with Crippen molar-refractivity contribution in [2.45, 2.75) is 32.0 Å². The topological polar surface area (TPSA) is 96.3 Å². The van der Waals surface area contributed by atoms with E-state index in [0.717, 1.165) is 0 Å². The number of thioether (sulfide) groups is 1. The molecule has 0 aromatic carbocycles. The summed E-state index contributed by atoms with van der Waals surface area (Å²) in [5.41, 5.74) is 0. The van der Waals surface area contributed by atoms with Gasteiger partial charge in [-0.05, 0) is 25.4 Å². The van der Waals surface area contributed by atoms with Gasteiger partial charge < -0.3 is 20.3 Å². The Kier molecular flexibility index (Phi) is 6.92. The highest BCUT2D eigenvalue weighted by Gasteiger charge is 2.20. The van der Waals surface area contributed by atoms with Crippen LogP contribution in [-0.4, -0.2) is 50.8 Å². The maximum Gasteiger partial charge on any atom is 0.326 e. The van der Waals surface area contributed by atoms with Gasteiger partial charge in [-0.2, -0.15) is 11.8 Å². The number of nitrogens with zero attached hydrogens (tertiary/aromatic N) is 2. The van der Waals surface area contributed by atoms with Gasteiger partial charge in [-0.3, -0.25) is 0 Å². The second kappa shape index (κ2) is 8.47. The molecule has 8 heteroatoms. The highest BCUT2D eigenvalue weighted by molar-refractivity contribution is 7.98. The molecule has 0 aliphatic heterocycles. The van der Waals surface area contributed by atoms with Crippen LogP contribution in [0.25, 0.3) is 0 Å². The van der Waals surface area contributed by atoms with Gasteiger partial charge in [-0.1, -0.05) is 0 Å².